The number of hydrogen-bond donors (Lipinski definition) is 0. The number of fused-ring (bicyclic) bond motifs is 1. The van der Waals surface area contributed by atoms with Crippen LogP contribution in [0.4, 0.5) is 0 Å². The number of carbonyl (C=O) groups excluding carboxylic acids is 1. The Bertz CT molecular complexity index is 449. The second kappa shape index (κ2) is 5.41. The van der Waals surface area contributed by atoms with Gasteiger partial charge in [0.2, 0.25) is 0 Å². The standard InChI is InChI=1S/C12H14ClNO2S2/c13-11-2-1-9(18-11)12(15)14-4-6-17-10-7-16-5-3-8(10)14/h1-2,8,10H,3-7H2. The lowest BCUT2D eigenvalue weighted by molar-refractivity contribution is 0.0322. The fraction of sp³-hybridized carbons (Fsp3) is 0.583. The smallest absolute Gasteiger partial charge is 0.264 e. The predicted octanol–water partition coefficient (Wildman–Crippen LogP) is 2.75. The van der Waals surface area contributed by atoms with Gasteiger partial charge < -0.3 is 9.64 Å². The van der Waals surface area contributed by atoms with Crippen LogP contribution in [0.5, 0.6) is 0 Å². The van der Waals surface area contributed by atoms with Gasteiger partial charge in [-0.15, -0.1) is 11.3 Å². The third-order valence-corrected chi connectivity index (χ3v) is 5.89. The molecule has 1 amide bonds. The van der Waals surface area contributed by atoms with Gasteiger partial charge >= 0.3 is 0 Å². The number of ether oxygens (including phenoxy) is 1. The second-order valence-electron chi connectivity index (χ2n) is 4.44. The van der Waals surface area contributed by atoms with Crippen LogP contribution in [-0.2, 0) is 4.74 Å². The molecule has 0 saturated carbocycles. The number of amides is 1. The summed E-state index contributed by atoms with van der Waals surface area (Å²) in [5.74, 6) is 1.12. The lowest BCUT2D eigenvalue weighted by atomic mass is 10.1. The fourth-order valence-electron chi connectivity index (χ4n) is 2.51. The van der Waals surface area contributed by atoms with Gasteiger partial charge in [-0.1, -0.05) is 11.6 Å². The molecule has 3 rings (SSSR count). The molecule has 98 valence electrons. The largest absolute Gasteiger partial charge is 0.380 e. The summed E-state index contributed by atoms with van der Waals surface area (Å²) in [6.45, 7) is 2.36. The summed E-state index contributed by atoms with van der Waals surface area (Å²) in [6.07, 6.45) is 0.947. The van der Waals surface area contributed by atoms with Gasteiger partial charge in [0, 0.05) is 30.2 Å². The molecule has 2 fully saturated rings. The Balaban J connectivity index is 1.79. The van der Waals surface area contributed by atoms with E-state index in [1.165, 1.54) is 11.3 Å². The molecule has 3 nitrogen and oxygen atoms in total. The molecular weight excluding hydrogens is 290 g/mol. The first-order valence-electron chi connectivity index (χ1n) is 6.01. The van der Waals surface area contributed by atoms with Gasteiger partial charge in [-0.2, -0.15) is 11.8 Å². The lowest BCUT2D eigenvalue weighted by Gasteiger charge is -2.43. The highest BCUT2D eigenvalue weighted by molar-refractivity contribution is 8.00. The summed E-state index contributed by atoms with van der Waals surface area (Å²) in [5.41, 5.74) is 0. The van der Waals surface area contributed by atoms with Crippen molar-refractivity contribution in [3.63, 3.8) is 0 Å². The molecule has 2 unspecified atom stereocenters. The average molecular weight is 304 g/mol. The molecule has 0 aromatic carbocycles. The van der Waals surface area contributed by atoms with Crippen LogP contribution in [0.15, 0.2) is 12.1 Å². The van der Waals surface area contributed by atoms with Crippen molar-refractivity contribution in [1.29, 1.82) is 0 Å². The topological polar surface area (TPSA) is 29.5 Å². The summed E-state index contributed by atoms with van der Waals surface area (Å²) < 4.78 is 6.17. The maximum Gasteiger partial charge on any atom is 0.264 e. The zero-order chi connectivity index (χ0) is 12.5. The minimum Gasteiger partial charge on any atom is -0.380 e. The fourth-order valence-corrected chi connectivity index (χ4v) is 4.81. The highest BCUT2D eigenvalue weighted by Gasteiger charge is 2.37. The van der Waals surface area contributed by atoms with E-state index in [0.717, 1.165) is 36.8 Å². The van der Waals surface area contributed by atoms with Crippen molar-refractivity contribution in [2.75, 3.05) is 25.5 Å². The third kappa shape index (κ3) is 2.41. The maximum absolute atomic E-state index is 12.5. The molecule has 1 aromatic heterocycles. The minimum atomic E-state index is 0.129. The van der Waals surface area contributed by atoms with Crippen LogP contribution < -0.4 is 0 Å². The van der Waals surface area contributed by atoms with E-state index in [9.17, 15) is 4.79 Å². The number of hydrogen-bond acceptors (Lipinski definition) is 4. The van der Waals surface area contributed by atoms with Crippen LogP contribution >= 0.6 is 34.7 Å². The van der Waals surface area contributed by atoms with Crippen molar-refractivity contribution in [3.8, 4) is 0 Å². The van der Waals surface area contributed by atoms with Crippen molar-refractivity contribution in [2.24, 2.45) is 0 Å². The van der Waals surface area contributed by atoms with Gasteiger partial charge in [-0.05, 0) is 18.6 Å². The summed E-state index contributed by atoms with van der Waals surface area (Å²) in [7, 11) is 0. The van der Waals surface area contributed by atoms with Crippen molar-refractivity contribution in [3.05, 3.63) is 21.3 Å². The molecule has 2 aliphatic rings. The van der Waals surface area contributed by atoms with E-state index in [4.69, 9.17) is 16.3 Å². The van der Waals surface area contributed by atoms with E-state index >= 15 is 0 Å². The number of nitrogens with zero attached hydrogens (tertiary/aromatic N) is 1. The summed E-state index contributed by atoms with van der Waals surface area (Å²) >= 11 is 9.20. The Morgan fingerprint density at radius 2 is 2.39 bits per heavy atom. The van der Waals surface area contributed by atoms with Crippen LogP contribution in [-0.4, -0.2) is 47.6 Å². The molecule has 0 spiro atoms. The van der Waals surface area contributed by atoms with E-state index in [1.807, 2.05) is 22.7 Å². The Hall–Kier alpha value is -0.230. The summed E-state index contributed by atoms with van der Waals surface area (Å²) in [4.78, 5) is 15.3. The average Bonchev–Trinajstić information content (AvgIpc) is 2.84. The predicted molar refractivity (Wildman–Crippen MR) is 75.8 cm³/mol. The van der Waals surface area contributed by atoms with Crippen LogP contribution in [0, 0.1) is 0 Å². The first-order valence-corrected chi connectivity index (χ1v) is 8.25. The molecule has 0 bridgehead atoms. The van der Waals surface area contributed by atoms with E-state index in [0.29, 0.717) is 15.6 Å². The highest BCUT2D eigenvalue weighted by Crippen LogP contribution is 2.32. The SMILES string of the molecule is O=C(c1ccc(Cl)s1)N1CCSC2COCCC21. The molecule has 18 heavy (non-hydrogen) atoms. The Morgan fingerprint density at radius 3 is 3.17 bits per heavy atom. The summed E-state index contributed by atoms with van der Waals surface area (Å²) in [6, 6.07) is 3.94. The first-order chi connectivity index (χ1) is 8.75. The van der Waals surface area contributed by atoms with E-state index in [1.54, 1.807) is 6.07 Å². The monoisotopic (exact) mass is 303 g/mol. The lowest BCUT2D eigenvalue weighted by Crippen LogP contribution is -2.54. The van der Waals surface area contributed by atoms with Gasteiger partial charge in [0.15, 0.2) is 0 Å². The molecule has 2 atom stereocenters. The molecule has 2 aliphatic heterocycles. The van der Waals surface area contributed by atoms with Crippen LogP contribution in [0.25, 0.3) is 0 Å². The van der Waals surface area contributed by atoms with Crippen molar-refractivity contribution >= 4 is 40.6 Å². The third-order valence-electron chi connectivity index (χ3n) is 3.38. The van der Waals surface area contributed by atoms with E-state index in [-0.39, 0.29) is 5.91 Å². The molecule has 3 heterocycles. The summed E-state index contributed by atoms with van der Waals surface area (Å²) in [5, 5.41) is 0.437. The first kappa shape index (κ1) is 12.8. The zero-order valence-electron chi connectivity index (χ0n) is 9.80. The normalized spacial score (nSPS) is 27.9. The van der Waals surface area contributed by atoms with Crippen LogP contribution in [0.2, 0.25) is 4.34 Å². The Labute approximate surface area is 119 Å². The molecule has 1 aromatic rings. The maximum atomic E-state index is 12.5. The van der Waals surface area contributed by atoms with Crippen LogP contribution in [0.1, 0.15) is 16.1 Å². The van der Waals surface area contributed by atoms with Crippen LogP contribution in [0.3, 0.4) is 0 Å². The molecule has 0 radical (unpaired) electrons. The number of halogens is 1. The van der Waals surface area contributed by atoms with Gasteiger partial charge in [-0.25, -0.2) is 0 Å². The highest BCUT2D eigenvalue weighted by atomic mass is 35.5. The quantitative estimate of drug-likeness (QED) is 0.799. The molecule has 0 aliphatic carbocycles. The van der Waals surface area contributed by atoms with E-state index in [2.05, 4.69) is 0 Å². The van der Waals surface area contributed by atoms with Crippen molar-refractivity contribution < 1.29 is 9.53 Å². The Kier molecular flexibility index (Phi) is 3.84. The van der Waals surface area contributed by atoms with Gasteiger partial charge in [0.1, 0.15) is 0 Å². The molecule has 2 saturated heterocycles. The number of thiophene rings is 1. The molecular formula is C12H14ClNO2S2. The van der Waals surface area contributed by atoms with Crippen molar-refractivity contribution in [2.45, 2.75) is 17.7 Å². The molecule has 6 heteroatoms. The molecule has 0 N–H and O–H groups in total. The van der Waals surface area contributed by atoms with Crippen molar-refractivity contribution in [1.82, 2.24) is 4.90 Å². The second-order valence-corrected chi connectivity index (χ2v) is 7.50. The number of rotatable bonds is 1. The number of carbonyl (C=O) groups is 1. The van der Waals surface area contributed by atoms with Gasteiger partial charge in [-0.3, -0.25) is 4.79 Å². The minimum absolute atomic E-state index is 0.129. The van der Waals surface area contributed by atoms with Gasteiger partial charge in [0.25, 0.3) is 5.91 Å². The van der Waals surface area contributed by atoms with Gasteiger partial charge in [0.05, 0.1) is 15.8 Å². The van der Waals surface area contributed by atoms with E-state index < -0.39 is 0 Å². The number of thioether (sulfide) groups is 1. The Morgan fingerprint density at radius 1 is 1.50 bits per heavy atom. The zero-order valence-corrected chi connectivity index (χ0v) is 12.2.